The second kappa shape index (κ2) is 8.60. The van der Waals surface area contributed by atoms with Crippen LogP contribution in [0.25, 0.3) is 0 Å². The molecule has 0 saturated carbocycles. The Kier molecular flexibility index (Phi) is 6.50. The molecule has 0 amide bonds. The van der Waals surface area contributed by atoms with E-state index in [-0.39, 0.29) is 24.4 Å². The number of ether oxygens (including phenoxy) is 1. The lowest BCUT2D eigenvalue weighted by molar-refractivity contribution is -0.0498. The lowest BCUT2D eigenvalue weighted by atomic mass is 10.0. The molecule has 2 aromatic rings. The molecule has 23 heavy (non-hydrogen) atoms. The van der Waals surface area contributed by atoms with Crippen LogP contribution in [0.15, 0.2) is 54.6 Å². The summed E-state index contributed by atoms with van der Waals surface area (Å²) in [6.07, 6.45) is 0.804. The van der Waals surface area contributed by atoms with E-state index in [1.54, 1.807) is 12.1 Å². The number of aliphatic hydroxyl groups is 1. The van der Waals surface area contributed by atoms with Crippen LogP contribution in [-0.2, 0) is 0 Å². The number of alkyl halides is 2. The molecular weight excluding hydrogens is 300 g/mol. The summed E-state index contributed by atoms with van der Waals surface area (Å²) in [5.41, 5.74) is 1.97. The number of hydrogen-bond acceptors (Lipinski definition) is 3. The average molecular weight is 321 g/mol. The fourth-order valence-corrected chi connectivity index (χ4v) is 2.51. The molecule has 0 bridgehead atoms. The Morgan fingerprint density at radius 1 is 0.957 bits per heavy atom. The quantitative estimate of drug-likeness (QED) is 0.770. The van der Waals surface area contributed by atoms with Gasteiger partial charge < -0.3 is 15.2 Å². The second-order valence-electron chi connectivity index (χ2n) is 5.22. The third-order valence-electron chi connectivity index (χ3n) is 3.70. The molecule has 0 spiro atoms. The van der Waals surface area contributed by atoms with Crippen LogP contribution >= 0.6 is 0 Å². The highest BCUT2D eigenvalue weighted by Gasteiger charge is 2.17. The molecule has 0 aliphatic heterocycles. The van der Waals surface area contributed by atoms with Crippen molar-refractivity contribution in [1.29, 1.82) is 0 Å². The van der Waals surface area contributed by atoms with Crippen molar-refractivity contribution in [3.8, 4) is 5.75 Å². The van der Waals surface area contributed by atoms with Crippen molar-refractivity contribution in [2.45, 2.75) is 32.0 Å². The molecule has 2 aromatic carbocycles. The van der Waals surface area contributed by atoms with Gasteiger partial charge in [-0.15, -0.1) is 0 Å². The summed E-state index contributed by atoms with van der Waals surface area (Å²) in [6.45, 7) is -0.814. The normalized spacial score (nSPS) is 13.8. The first kappa shape index (κ1) is 17.4. The molecule has 0 heterocycles. The van der Waals surface area contributed by atoms with E-state index in [1.165, 1.54) is 12.1 Å². The van der Waals surface area contributed by atoms with Crippen molar-refractivity contribution in [1.82, 2.24) is 5.32 Å². The van der Waals surface area contributed by atoms with Crippen molar-refractivity contribution in [2.75, 3.05) is 6.61 Å². The highest BCUT2D eigenvalue weighted by Crippen LogP contribution is 2.24. The number of aliphatic hydroxyl groups excluding tert-OH is 1. The fourth-order valence-electron chi connectivity index (χ4n) is 2.51. The Morgan fingerprint density at radius 3 is 2.09 bits per heavy atom. The topological polar surface area (TPSA) is 41.5 Å². The summed E-state index contributed by atoms with van der Waals surface area (Å²) in [4.78, 5) is 0. The molecule has 5 heteroatoms. The van der Waals surface area contributed by atoms with Gasteiger partial charge in [-0.1, -0.05) is 49.4 Å². The minimum absolute atomic E-state index is 0.00737. The summed E-state index contributed by atoms with van der Waals surface area (Å²) in [6, 6.07) is 16.1. The summed E-state index contributed by atoms with van der Waals surface area (Å²) in [7, 11) is 0. The highest BCUT2D eigenvalue weighted by atomic mass is 19.3. The third-order valence-corrected chi connectivity index (χ3v) is 3.70. The lowest BCUT2D eigenvalue weighted by Crippen LogP contribution is -2.28. The van der Waals surface area contributed by atoms with E-state index in [2.05, 4.69) is 10.1 Å². The highest BCUT2D eigenvalue weighted by molar-refractivity contribution is 5.30. The van der Waals surface area contributed by atoms with Crippen molar-refractivity contribution in [3.63, 3.8) is 0 Å². The molecule has 124 valence electrons. The number of halogens is 2. The predicted molar refractivity (Wildman–Crippen MR) is 85.5 cm³/mol. The maximum Gasteiger partial charge on any atom is 0.387 e. The van der Waals surface area contributed by atoms with Gasteiger partial charge in [0.25, 0.3) is 0 Å². The van der Waals surface area contributed by atoms with Crippen molar-refractivity contribution in [3.05, 3.63) is 65.7 Å². The molecule has 2 atom stereocenters. The Labute approximate surface area is 134 Å². The van der Waals surface area contributed by atoms with E-state index in [1.807, 2.05) is 37.3 Å². The molecule has 0 aliphatic carbocycles. The van der Waals surface area contributed by atoms with E-state index < -0.39 is 6.61 Å². The van der Waals surface area contributed by atoms with Crippen LogP contribution in [0.3, 0.4) is 0 Å². The molecule has 3 nitrogen and oxygen atoms in total. The molecule has 0 saturated heterocycles. The van der Waals surface area contributed by atoms with Gasteiger partial charge in [0.15, 0.2) is 0 Å². The molecule has 0 aromatic heterocycles. The van der Waals surface area contributed by atoms with Crippen LogP contribution in [0.4, 0.5) is 8.78 Å². The fraction of sp³-hybridized carbons (Fsp3) is 0.333. The van der Waals surface area contributed by atoms with Crippen molar-refractivity contribution < 1.29 is 18.6 Å². The summed E-state index contributed by atoms with van der Waals surface area (Å²) >= 11 is 0. The maximum absolute atomic E-state index is 12.2. The lowest BCUT2D eigenvalue weighted by Gasteiger charge is -2.24. The Morgan fingerprint density at radius 2 is 1.57 bits per heavy atom. The summed E-state index contributed by atoms with van der Waals surface area (Å²) in [5.74, 6) is 0.139. The zero-order chi connectivity index (χ0) is 16.7. The smallest absolute Gasteiger partial charge is 0.387 e. The largest absolute Gasteiger partial charge is 0.435 e. The third kappa shape index (κ3) is 5.01. The Hall–Kier alpha value is -1.98. The van der Waals surface area contributed by atoms with Crippen LogP contribution in [-0.4, -0.2) is 18.3 Å². The molecule has 0 fully saturated rings. The first-order valence-electron chi connectivity index (χ1n) is 7.60. The summed E-state index contributed by atoms with van der Waals surface area (Å²) in [5, 5.41) is 13.1. The van der Waals surface area contributed by atoms with Gasteiger partial charge in [0.2, 0.25) is 0 Å². The first-order chi connectivity index (χ1) is 11.1. The van der Waals surface area contributed by atoms with Gasteiger partial charge in [-0.3, -0.25) is 0 Å². The van der Waals surface area contributed by atoms with Crippen molar-refractivity contribution in [2.24, 2.45) is 0 Å². The molecule has 2 N–H and O–H groups in total. The number of hydrogen-bond donors (Lipinski definition) is 2. The minimum Gasteiger partial charge on any atom is -0.435 e. The summed E-state index contributed by atoms with van der Waals surface area (Å²) < 4.78 is 28.7. The van der Waals surface area contributed by atoms with Gasteiger partial charge in [0, 0.05) is 6.04 Å². The van der Waals surface area contributed by atoms with Crippen LogP contribution in [0.5, 0.6) is 5.75 Å². The zero-order valence-corrected chi connectivity index (χ0v) is 13.0. The average Bonchev–Trinajstić information content (AvgIpc) is 2.57. The van der Waals surface area contributed by atoms with Crippen LogP contribution in [0.2, 0.25) is 0 Å². The van der Waals surface area contributed by atoms with Crippen LogP contribution in [0.1, 0.15) is 36.6 Å². The zero-order valence-electron chi connectivity index (χ0n) is 13.0. The van der Waals surface area contributed by atoms with Crippen LogP contribution in [0, 0.1) is 0 Å². The van der Waals surface area contributed by atoms with E-state index in [0.717, 1.165) is 17.5 Å². The van der Waals surface area contributed by atoms with E-state index in [9.17, 15) is 13.9 Å². The molecule has 0 radical (unpaired) electrons. The maximum atomic E-state index is 12.2. The predicted octanol–water partition coefficient (Wildman–Crippen LogP) is 4.06. The Bertz CT molecular complexity index is 575. The molecule has 2 unspecified atom stereocenters. The second-order valence-corrected chi connectivity index (χ2v) is 5.22. The van der Waals surface area contributed by atoms with Gasteiger partial charge in [-0.25, -0.2) is 0 Å². The SMILES string of the molecule is CCC(NC(CO)c1ccccc1)c1ccc(OC(F)F)cc1. The number of nitrogens with one attached hydrogen (secondary N) is 1. The number of benzene rings is 2. The minimum atomic E-state index is -2.82. The van der Waals surface area contributed by atoms with Gasteiger partial charge in [-0.2, -0.15) is 8.78 Å². The van der Waals surface area contributed by atoms with E-state index >= 15 is 0 Å². The van der Waals surface area contributed by atoms with Gasteiger partial charge >= 0.3 is 6.61 Å². The first-order valence-corrected chi connectivity index (χ1v) is 7.60. The Balaban J connectivity index is 2.09. The van der Waals surface area contributed by atoms with E-state index in [0.29, 0.717) is 0 Å². The van der Waals surface area contributed by atoms with Crippen LogP contribution < -0.4 is 10.1 Å². The van der Waals surface area contributed by atoms with Crippen molar-refractivity contribution >= 4 is 0 Å². The molecular formula is C18H21F2NO2. The van der Waals surface area contributed by atoms with Gasteiger partial charge in [0.1, 0.15) is 5.75 Å². The monoisotopic (exact) mass is 321 g/mol. The molecule has 2 rings (SSSR count). The standard InChI is InChI=1S/C18H21F2NO2/c1-2-16(14-8-10-15(11-9-14)23-18(19)20)21-17(12-22)13-6-4-3-5-7-13/h3-11,16-18,21-22H,2,12H2,1H3. The van der Waals surface area contributed by atoms with E-state index in [4.69, 9.17) is 0 Å². The number of rotatable bonds is 8. The van der Waals surface area contributed by atoms with Gasteiger partial charge in [-0.05, 0) is 29.7 Å². The van der Waals surface area contributed by atoms with Gasteiger partial charge in [0.05, 0.1) is 12.6 Å². The molecule has 0 aliphatic rings.